The van der Waals surface area contributed by atoms with Crippen molar-refractivity contribution < 1.29 is 4.39 Å². The van der Waals surface area contributed by atoms with Crippen LogP contribution in [0.4, 0.5) is 15.9 Å². The van der Waals surface area contributed by atoms with Crippen molar-refractivity contribution in [2.45, 2.75) is 6.54 Å². The van der Waals surface area contributed by atoms with Gasteiger partial charge in [-0.05, 0) is 24.3 Å². The summed E-state index contributed by atoms with van der Waals surface area (Å²) in [6, 6.07) is 8.76. The van der Waals surface area contributed by atoms with E-state index in [1.807, 2.05) is 12.1 Å². The Hall–Kier alpha value is -3.42. The van der Waals surface area contributed by atoms with Gasteiger partial charge >= 0.3 is 0 Å². The SMILES string of the molecule is Nc1cc(NCc2ccn[nH]2)c2ccc(-c3ccn[nH]3)c(F)c2n1. The summed E-state index contributed by atoms with van der Waals surface area (Å²) in [6.07, 6.45) is 3.25. The molecule has 0 fully saturated rings. The number of benzene rings is 1. The summed E-state index contributed by atoms with van der Waals surface area (Å²) in [6.45, 7) is 0.516. The smallest absolute Gasteiger partial charge is 0.158 e. The monoisotopic (exact) mass is 323 g/mol. The van der Waals surface area contributed by atoms with Crippen molar-refractivity contribution in [1.82, 2.24) is 25.4 Å². The lowest BCUT2D eigenvalue weighted by Crippen LogP contribution is -2.03. The van der Waals surface area contributed by atoms with Gasteiger partial charge in [0.25, 0.3) is 0 Å². The molecular formula is C16H14FN7. The second-order valence-corrected chi connectivity index (χ2v) is 5.32. The number of nitrogens with zero attached hydrogens (tertiary/aromatic N) is 3. The van der Waals surface area contributed by atoms with E-state index in [0.717, 1.165) is 5.69 Å². The van der Waals surface area contributed by atoms with E-state index in [-0.39, 0.29) is 11.3 Å². The molecule has 0 amide bonds. The molecule has 0 spiro atoms. The Morgan fingerprint density at radius 2 is 1.92 bits per heavy atom. The standard InChI is InChI=1S/C16H14FN7/c17-15-10(12-4-6-21-24-12)1-2-11-13(7-14(18)22-16(11)15)19-8-9-3-5-20-23-9/h1-7H,8H2,(H,20,23)(H,21,24)(H3,18,19,22). The van der Waals surface area contributed by atoms with Gasteiger partial charge in [-0.2, -0.15) is 10.2 Å². The molecule has 8 heteroatoms. The third-order valence-electron chi connectivity index (χ3n) is 3.76. The van der Waals surface area contributed by atoms with Crippen LogP contribution in [0.1, 0.15) is 5.69 Å². The van der Waals surface area contributed by atoms with Gasteiger partial charge in [0.05, 0.1) is 17.9 Å². The minimum atomic E-state index is -0.436. The first-order valence-corrected chi connectivity index (χ1v) is 7.33. The van der Waals surface area contributed by atoms with Crippen molar-refractivity contribution in [3.63, 3.8) is 0 Å². The second-order valence-electron chi connectivity index (χ2n) is 5.32. The number of nitrogens with one attached hydrogen (secondary N) is 3. The summed E-state index contributed by atoms with van der Waals surface area (Å²) in [7, 11) is 0. The fraction of sp³-hybridized carbons (Fsp3) is 0.0625. The number of aromatic amines is 2. The molecule has 24 heavy (non-hydrogen) atoms. The fourth-order valence-corrected chi connectivity index (χ4v) is 2.61. The predicted octanol–water partition coefficient (Wildman–Crippen LogP) is 2.68. The lowest BCUT2D eigenvalue weighted by molar-refractivity contribution is 0.639. The number of nitrogens with two attached hydrogens (primary N) is 1. The number of aromatic nitrogens is 5. The van der Waals surface area contributed by atoms with Crippen molar-refractivity contribution >= 4 is 22.4 Å². The van der Waals surface area contributed by atoms with Crippen molar-refractivity contribution in [2.24, 2.45) is 0 Å². The Morgan fingerprint density at radius 1 is 1.08 bits per heavy atom. The highest BCUT2D eigenvalue weighted by molar-refractivity contribution is 5.95. The summed E-state index contributed by atoms with van der Waals surface area (Å²) in [4.78, 5) is 4.16. The lowest BCUT2D eigenvalue weighted by Gasteiger charge is -2.12. The quantitative estimate of drug-likeness (QED) is 0.462. The van der Waals surface area contributed by atoms with Crippen LogP contribution in [0, 0.1) is 5.82 Å². The van der Waals surface area contributed by atoms with E-state index in [1.54, 1.807) is 30.6 Å². The van der Waals surface area contributed by atoms with Crippen molar-refractivity contribution in [1.29, 1.82) is 0 Å². The minimum Gasteiger partial charge on any atom is -0.384 e. The van der Waals surface area contributed by atoms with Crippen LogP contribution in [0.3, 0.4) is 0 Å². The summed E-state index contributed by atoms with van der Waals surface area (Å²) < 4.78 is 14.9. The van der Waals surface area contributed by atoms with Gasteiger partial charge in [-0.1, -0.05) is 0 Å². The zero-order valence-electron chi connectivity index (χ0n) is 12.5. The molecule has 0 saturated carbocycles. The Balaban J connectivity index is 1.79. The molecule has 5 N–H and O–H groups in total. The number of hydrogen-bond acceptors (Lipinski definition) is 5. The molecule has 4 aromatic rings. The highest BCUT2D eigenvalue weighted by atomic mass is 19.1. The average molecular weight is 323 g/mol. The molecule has 1 aromatic carbocycles. The van der Waals surface area contributed by atoms with Crippen LogP contribution in [0.2, 0.25) is 0 Å². The maximum atomic E-state index is 14.9. The summed E-state index contributed by atoms with van der Waals surface area (Å²) >= 11 is 0. The number of rotatable bonds is 4. The number of H-pyrrole nitrogens is 2. The third-order valence-corrected chi connectivity index (χ3v) is 3.76. The summed E-state index contributed by atoms with van der Waals surface area (Å²) in [5, 5.41) is 17.3. The molecule has 120 valence electrons. The molecule has 0 radical (unpaired) electrons. The van der Waals surface area contributed by atoms with Crippen LogP contribution in [0.5, 0.6) is 0 Å². The zero-order chi connectivity index (χ0) is 16.5. The van der Waals surface area contributed by atoms with Crippen LogP contribution in [-0.2, 0) is 6.54 Å². The second kappa shape index (κ2) is 5.65. The lowest BCUT2D eigenvalue weighted by atomic mass is 10.1. The molecule has 0 atom stereocenters. The fourth-order valence-electron chi connectivity index (χ4n) is 2.61. The van der Waals surface area contributed by atoms with Crippen molar-refractivity contribution in [3.05, 3.63) is 54.2 Å². The maximum Gasteiger partial charge on any atom is 0.158 e. The van der Waals surface area contributed by atoms with Gasteiger partial charge in [0.2, 0.25) is 0 Å². The number of pyridine rings is 1. The van der Waals surface area contributed by atoms with Gasteiger partial charge in [0, 0.05) is 35.1 Å². The van der Waals surface area contributed by atoms with Gasteiger partial charge < -0.3 is 11.1 Å². The Morgan fingerprint density at radius 3 is 2.67 bits per heavy atom. The van der Waals surface area contributed by atoms with Crippen LogP contribution < -0.4 is 11.1 Å². The topological polar surface area (TPSA) is 108 Å². The Labute approximate surface area is 136 Å². The number of nitrogen functional groups attached to an aromatic ring is 1. The van der Waals surface area contributed by atoms with E-state index < -0.39 is 5.82 Å². The Kier molecular flexibility index (Phi) is 3.34. The maximum absolute atomic E-state index is 14.9. The number of anilines is 2. The molecule has 0 aliphatic carbocycles. The predicted molar refractivity (Wildman–Crippen MR) is 89.6 cm³/mol. The van der Waals surface area contributed by atoms with E-state index >= 15 is 0 Å². The number of fused-ring (bicyclic) bond motifs is 1. The molecule has 0 saturated heterocycles. The van der Waals surface area contributed by atoms with Crippen LogP contribution in [0.25, 0.3) is 22.2 Å². The van der Waals surface area contributed by atoms with Crippen molar-refractivity contribution in [2.75, 3.05) is 11.1 Å². The van der Waals surface area contributed by atoms with Gasteiger partial charge in [0.1, 0.15) is 11.3 Å². The van der Waals surface area contributed by atoms with Gasteiger partial charge in [0.15, 0.2) is 5.82 Å². The van der Waals surface area contributed by atoms with Crippen LogP contribution in [0.15, 0.2) is 42.7 Å². The molecule has 0 unspecified atom stereocenters. The molecule has 7 nitrogen and oxygen atoms in total. The molecule has 4 rings (SSSR count). The zero-order valence-corrected chi connectivity index (χ0v) is 12.5. The number of hydrogen-bond donors (Lipinski definition) is 4. The summed E-state index contributed by atoms with van der Waals surface area (Å²) in [5.74, 6) is -0.191. The molecule has 0 aliphatic rings. The van der Waals surface area contributed by atoms with E-state index in [0.29, 0.717) is 28.9 Å². The molecule has 0 aliphatic heterocycles. The largest absolute Gasteiger partial charge is 0.384 e. The van der Waals surface area contributed by atoms with Crippen LogP contribution >= 0.6 is 0 Å². The minimum absolute atomic E-state index is 0.217. The molecule has 3 aromatic heterocycles. The first kappa shape index (κ1) is 14.2. The number of halogens is 1. The van der Waals surface area contributed by atoms with Gasteiger partial charge in [-0.25, -0.2) is 9.37 Å². The molecule has 3 heterocycles. The normalized spacial score (nSPS) is 11.0. The Bertz CT molecular complexity index is 978. The first-order valence-electron chi connectivity index (χ1n) is 7.33. The third kappa shape index (κ3) is 2.43. The highest BCUT2D eigenvalue weighted by Crippen LogP contribution is 2.31. The summed E-state index contributed by atoms with van der Waals surface area (Å²) in [5.41, 5.74) is 8.68. The van der Waals surface area contributed by atoms with E-state index in [9.17, 15) is 4.39 Å². The van der Waals surface area contributed by atoms with Gasteiger partial charge in [-0.3, -0.25) is 10.2 Å². The van der Waals surface area contributed by atoms with Crippen LogP contribution in [-0.4, -0.2) is 25.4 Å². The molecule has 0 bridgehead atoms. The highest BCUT2D eigenvalue weighted by Gasteiger charge is 2.14. The van der Waals surface area contributed by atoms with E-state index in [2.05, 4.69) is 30.7 Å². The van der Waals surface area contributed by atoms with Crippen molar-refractivity contribution in [3.8, 4) is 11.3 Å². The molecular weight excluding hydrogens is 309 g/mol. The van der Waals surface area contributed by atoms with E-state index in [4.69, 9.17) is 5.73 Å². The average Bonchev–Trinajstić information content (AvgIpc) is 3.27. The first-order chi connectivity index (χ1) is 11.7. The van der Waals surface area contributed by atoms with Gasteiger partial charge in [-0.15, -0.1) is 0 Å². The van der Waals surface area contributed by atoms with E-state index in [1.165, 1.54) is 0 Å².